The number of hydrogen-bond donors (Lipinski definition) is 1. The number of amides is 1. The summed E-state index contributed by atoms with van der Waals surface area (Å²) in [5.74, 6) is 0.522. The minimum absolute atomic E-state index is 0.113. The number of benzene rings is 1. The van der Waals surface area contributed by atoms with Crippen LogP contribution >= 0.6 is 11.6 Å². The van der Waals surface area contributed by atoms with Gasteiger partial charge in [-0.15, -0.1) is 0 Å². The molecule has 1 N–H and O–H groups in total. The zero-order valence-electron chi connectivity index (χ0n) is 13.9. The van der Waals surface area contributed by atoms with Gasteiger partial charge < -0.3 is 14.5 Å². The van der Waals surface area contributed by atoms with Crippen LogP contribution in [0.1, 0.15) is 54.8 Å². The summed E-state index contributed by atoms with van der Waals surface area (Å²) in [5.41, 5.74) is 0. The minimum atomic E-state index is -0.423. The molecule has 1 saturated carbocycles. The van der Waals surface area contributed by atoms with E-state index in [0.29, 0.717) is 11.5 Å². The number of carbonyl (C=O) groups is 1. The van der Waals surface area contributed by atoms with Gasteiger partial charge in [-0.25, -0.2) is 4.39 Å². The molecule has 0 radical (unpaired) electrons. The van der Waals surface area contributed by atoms with E-state index in [9.17, 15) is 9.18 Å². The lowest BCUT2D eigenvalue weighted by Crippen LogP contribution is -2.34. The first kappa shape index (κ1) is 17.8. The van der Waals surface area contributed by atoms with Gasteiger partial charge in [0.05, 0.1) is 5.02 Å². The van der Waals surface area contributed by atoms with E-state index in [1.54, 1.807) is 12.1 Å². The third kappa shape index (κ3) is 4.98. The lowest BCUT2D eigenvalue weighted by atomic mass is 10.1. The Morgan fingerprint density at radius 1 is 1.20 bits per heavy atom. The van der Waals surface area contributed by atoms with Crippen molar-refractivity contribution in [1.29, 1.82) is 0 Å². The first-order chi connectivity index (χ1) is 12.1. The SMILES string of the molecule is O=C(NC1CCCCCC1)c1ccc(COc2ccc(F)cc2Cl)o1. The van der Waals surface area contributed by atoms with E-state index in [2.05, 4.69) is 5.32 Å². The molecule has 6 heteroatoms. The quantitative estimate of drug-likeness (QED) is 0.749. The van der Waals surface area contributed by atoms with E-state index in [-0.39, 0.29) is 29.3 Å². The summed E-state index contributed by atoms with van der Waals surface area (Å²) in [7, 11) is 0. The molecule has 0 unspecified atom stereocenters. The van der Waals surface area contributed by atoms with Crippen molar-refractivity contribution in [1.82, 2.24) is 5.32 Å². The van der Waals surface area contributed by atoms with Crippen LogP contribution in [0.5, 0.6) is 5.75 Å². The van der Waals surface area contributed by atoms with Crippen LogP contribution in [0.3, 0.4) is 0 Å². The highest BCUT2D eigenvalue weighted by Gasteiger charge is 2.18. The highest BCUT2D eigenvalue weighted by molar-refractivity contribution is 6.32. The van der Waals surface area contributed by atoms with Crippen molar-refractivity contribution in [3.8, 4) is 5.75 Å². The number of ether oxygens (including phenoxy) is 1. The van der Waals surface area contributed by atoms with Crippen molar-refractivity contribution in [2.45, 2.75) is 51.2 Å². The molecule has 0 saturated heterocycles. The number of halogens is 2. The number of hydrogen-bond acceptors (Lipinski definition) is 3. The Kier molecular flexibility index (Phi) is 5.97. The van der Waals surface area contributed by atoms with Crippen LogP contribution in [0.4, 0.5) is 4.39 Å². The molecule has 1 fully saturated rings. The lowest BCUT2D eigenvalue weighted by Gasteiger charge is -2.15. The standard InChI is InChI=1S/C19H21ClFNO3/c20-16-11-13(21)7-9-17(16)24-12-15-8-10-18(25-15)19(23)22-14-5-3-1-2-4-6-14/h7-11,14H,1-6,12H2,(H,22,23). The summed E-state index contributed by atoms with van der Waals surface area (Å²) >= 11 is 5.91. The summed E-state index contributed by atoms with van der Waals surface area (Å²) < 4.78 is 24.1. The molecule has 1 aromatic heterocycles. The smallest absolute Gasteiger partial charge is 0.287 e. The lowest BCUT2D eigenvalue weighted by molar-refractivity contribution is 0.0901. The molecule has 0 bridgehead atoms. The third-order valence-electron chi connectivity index (χ3n) is 4.34. The number of furan rings is 1. The fraction of sp³-hybridized carbons (Fsp3) is 0.421. The highest BCUT2D eigenvalue weighted by Crippen LogP contribution is 2.26. The van der Waals surface area contributed by atoms with E-state index < -0.39 is 5.82 Å². The second kappa shape index (κ2) is 8.39. The molecule has 3 rings (SSSR count). The molecule has 1 aliphatic rings. The van der Waals surface area contributed by atoms with E-state index in [4.69, 9.17) is 20.8 Å². The van der Waals surface area contributed by atoms with Crippen molar-refractivity contribution < 1.29 is 18.3 Å². The van der Waals surface area contributed by atoms with Gasteiger partial charge in [0.1, 0.15) is 23.9 Å². The fourth-order valence-electron chi connectivity index (χ4n) is 3.00. The summed E-state index contributed by atoms with van der Waals surface area (Å²) in [5, 5.41) is 3.23. The van der Waals surface area contributed by atoms with Gasteiger partial charge in [-0.3, -0.25) is 4.79 Å². The van der Waals surface area contributed by atoms with Crippen LogP contribution in [-0.2, 0) is 6.61 Å². The van der Waals surface area contributed by atoms with Gasteiger partial charge in [0.15, 0.2) is 5.76 Å². The van der Waals surface area contributed by atoms with Crippen molar-refractivity contribution in [3.05, 3.63) is 52.7 Å². The van der Waals surface area contributed by atoms with Crippen molar-refractivity contribution in [3.63, 3.8) is 0 Å². The van der Waals surface area contributed by atoms with Gasteiger partial charge >= 0.3 is 0 Å². The molecule has 0 aliphatic heterocycles. The van der Waals surface area contributed by atoms with Gasteiger partial charge in [0, 0.05) is 6.04 Å². The topological polar surface area (TPSA) is 51.5 Å². The summed E-state index contributed by atoms with van der Waals surface area (Å²) in [6, 6.07) is 7.47. The summed E-state index contributed by atoms with van der Waals surface area (Å²) in [4.78, 5) is 12.3. The molecule has 1 aromatic carbocycles. The normalized spacial score (nSPS) is 15.6. The Morgan fingerprint density at radius 2 is 1.96 bits per heavy atom. The van der Waals surface area contributed by atoms with Crippen LogP contribution in [-0.4, -0.2) is 11.9 Å². The van der Waals surface area contributed by atoms with Gasteiger partial charge in [0.2, 0.25) is 0 Å². The predicted molar refractivity (Wildman–Crippen MR) is 93.4 cm³/mol. The van der Waals surface area contributed by atoms with Gasteiger partial charge in [-0.1, -0.05) is 37.3 Å². The molecule has 2 aromatic rings. The first-order valence-electron chi connectivity index (χ1n) is 8.59. The molecule has 1 aliphatic carbocycles. The Bertz CT molecular complexity index is 723. The van der Waals surface area contributed by atoms with Crippen molar-refractivity contribution in [2.24, 2.45) is 0 Å². The Hall–Kier alpha value is -2.01. The molecule has 1 amide bonds. The highest BCUT2D eigenvalue weighted by atomic mass is 35.5. The maximum atomic E-state index is 13.0. The van der Waals surface area contributed by atoms with Crippen molar-refractivity contribution in [2.75, 3.05) is 0 Å². The van der Waals surface area contributed by atoms with Crippen LogP contribution in [0, 0.1) is 5.82 Å². The molecule has 1 heterocycles. The van der Waals surface area contributed by atoms with Crippen LogP contribution in [0.2, 0.25) is 5.02 Å². The second-order valence-corrected chi connectivity index (χ2v) is 6.70. The largest absolute Gasteiger partial charge is 0.484 e. The zero-order chi connectivity index (χ0) is 17.6. The van der Waals surface area contributed by atoms with E-state index in [0.717, 1.165) is 25.7 Å². The summed E-state index contributed by atoms with van der Waals surface area (Å²) in [6.45, 7) is 0.113. The maximum Gasteiger partial charge on any atom is 0.287 e. The second-order valence-electron chi connectivity index (χ2n) is 6.29. The number of nitrogens with one attached hydrogen (secondary N) is 1. The van der Waals surface area contributed by atoms with Crippen LogP contribution < -0.4 is 10.1 Å². The Balaban J connectivity index is 1.55. The molecular weight excluding hydrogens is 345 g/mol. The fourth-order valence-corrected chi connectivity index (χ4v) is 3.22. The van der Waals surface area contributed by atoms with Crippen molar-refractivity contribution >= 4 is 17.5 Å². The zero-order valence-corrected chi connectivity index (χ0v) is 14.7. The van der Waals surface area contributed by atoms with E-state index in [1.165, 1.54) is 31.0 Å². The molecule has 134 valence electrons. The van der Waals surface area contributed by atoms with E-state index >= 15 is 0 Å². The van der Waals surface area contributed by atoms with Gasteiger partial charge in [-0.05, 0) is 43.2 Å². The monoisotopic (exact) mass is 365 g/mol. The first-order valence-corrected chi connectivity index (χ1v) is 8.97. The average Bonchev–Trinajstić information content (AvgIpc) is 2.92. The Morgan fingerprint density at radius 3 is 2.68 bits per heavy atom. The molecule has 4 nitrogen and oxygen atoms in total. The van der Waals surface area contributed by atoms with Gasteiger partial charge in [-0.2, -0.15) is 0 Å². The van der Waals surface area contributed by atoms with Crippen LogP contribution in [0.25, 0.3) is 0 Å². The van der Waals surface area contributed by atoms with E-state index in [1.807, 2.05) is 0 Å². The molecule has 0 spiro atoms. The average molecular weight is 366 g/mol. The maximum absolute atomic E-state index is 13.0. The van der Waals surface area contributed by atoms with Gasteiger partial charge in [0.25, 0.3) is 5.91 Å². The number of carbonyl (C=O) groups excluding carboxylic acids is 1. The summed E-state index contributed by atoms with van der Waals surface area (Å²) in [6.07, 6.45) is 6.82. The Labute approximate surface area is 151 Å². The molecule has 25 heavy (non-hydrogen) atoms. The molecular formula is C19H21ClFNO3. The minimum Gasteiger partial charge on any atom is -0.484 e. The number of rotatable bonds is 5. The van der Waals surface area contributed by atoms with Crippen LogP contribution in [0.15, 0.2) is 34.7 Å². The third-order valence-corrected chi connectivity index (χ3v) is 4.64. The molecule has 0 atom stereocenters. The predicted octanol–water partition coefficient (Wildman–Crippen LogP) is 5.10.